The molecule has 0 fully saturated rings. The third kappa shape index (κ3) is 2.55. The van der Waals surface area contributed by atoms with Crippen molar-refractivity contribution in [2.75, 3.05) is 7.05 Å². The number of carbonyl (C=O) groups is 1. The van der Waals surface area contributed by atoms with Gasteiger partial charge in [-0.1, -0.05) is 51.1 Å². The predicted molar refractivity (Wildman–Crippen MR) is 78.5 cm³/mol. The second-order valence-corrected chi connectivity index (χ2v) is 5.44. The third-order valence-corrected chi connectivity index (χ3v) is 3.71. The zero-order valence-corrected chi connectivity index (χ0v) is 12.1. The van der Waals surface area contributed by atoms with Crippen LogP contribution in [0.15, 0.2) is 35.3 Å². The van der Waals surface area contributed by atoms with Crippen LogP contribution in [0.3, 0.4) is 0 Å². The van der Waals surface area contributed by atoms with Gasteiger partial charge in [0, 0.05) is 7.05 Å². The first-order valence-electron chi connectivity index (χ1n) is 6.96. The Hall–Kier alpha value is -1.64. The van der Waals surface area contributed by atoms with Gasteiger partial charge in [-0.25, -0.2) is 0 Å². The van der Waals surface area contributed by atoms with E-state index in [1.165, 1.54) is 0 Å². The number of amides is 1. The average molecular weight is 258 g/mol. The van der Waals surface area contributed by atoms with Crippen molar-refractivity contribution >= 4 is 11.6 Å². The number of carbonyl (C=O) groups excluding carboxylic acids is 1. The fourth-order valence-electron chi connectivity index (χ4n) is 2.74. The third-order valence-electron chi connectivity index (χ3n) is 3.71. The molecule has 1 aliphatic heterocycles. The van der Waals surface area contributed by atoms with Crippen molar-refractivity contribution in [3.63, 3.8) is 0 Å². The van der Waals surface area contributed by atoms with Crippen LogP contribution in [0.4, 0.5) is 0 Å². The molecule has 1 aliphatic rings. The molecule has 3 nitrogen and oxygen atoms in total. The van der Waals surface area contributed by atoms with Crippen molar-refractivity contribution in [3.8, 4) is 0 Å². The second-order valence-electron chi connectivity index (χ2n) is 5.44. The van der Waals surface area contributed by atoms with Crippen LogP contribution in [-0.4, -0.2) is 35.7 Å². The number of hydrogen-bond donors (Lipinski definition) is 0. The molecule has 102 valence electrons. The highest BCUT2D eigenvalue weighted by Gasteiger charge is 2.36. The molecule has 0 radical (unpaired) electrons. The molecule has 1 heterocycles. The summed E-state index contributed by atoms with van der Waals surface area (Å²) >= 11 is 0. The molecule has 1 aromatic rings. The SMILES string of the molecule is CCC1N=C(c2ccccc2)C(C(C)C)N(C)C1=O. The van der Waals surface area contributed by atoms with Crippen LogP contribution < -0.4 is 0 Å². The highest BCUT2D eigenvalue weighted by Crippen LogP contribution is 2.24. The normalized spacial score (nSPS) is 23.7. The van der Waals surface area contributed by atoms with Gasteiger partial charge in [0.25, 0.3) is 0 Å². The molecule has 1 amide bonds. The van der Waals surface area contributed by atoms with Crippen LogP contribution in [0.1, 0.15) is 32.8 Å². The minimum absolute atomic E-state index is 0.0673. The van der Waals surface area contributed by atoms with Crippen LogP contribution in [-0.2, 0) is 4.79 Å². The van der Waals surface area contributed by atoms with E-state index in [-0.39, 0.29) is 18.0 Å². The molecule has 0 N–H and O–H groups in total. The fourth-order valence-corrected chi connectivity index (χ4v) is 2.74. The number of benzene rings is 1. The molecule has 0 bridgehead atoms. The number of rotatable bonds is 3. The molecular weight excluding hydrogens is 236 g/mol. The topological polar surface area (TPSA) is 32.7 Å². The zero-order chi connectivity index (χ0) is 14.0. The maximum atomic E-state index is 12.3. The average Bonchev–Trinajstić information content (AvgIpc) is 2.42. The van der Waals surface area contributed by atoms with E-state index in [0.717, 1.165) is 17.7 Å². The summed E-state index contributed by atoms with van der Waals surface area (Å²) in [5.41, 5.74) is 2.17. The molecule has 2 rings (SSSR count). The van der Waals surface area contributed by atoms with Crippen molar-refractivity contribution in [2.24, 2.45) is 10.9 Å². The Labute approximate surface area is 115 Å². The summed E-state index contributed by atoms with van der Waals surface area (Å²) < 4.78 is 0. The largest absolute Gasteiger partial charge is 0.335 e. The van der Waals surface area contributed by atoms with Gasteiger partial charge in [0.2, 0.25) is 5.91 Å². The predicted octanol–water partition coefficient (Wildman–Crippen LogP) is 2.75. The Bertz CT molecular complexity index is 479. The molecule has 19 heavy (non-hydrogen) atoms. The lowest BCUT2D eigenvalue weighted by molar-refractivity contribution is -0.133. The quantitative estimate of drug-likeness (QED) is 0.820. The van der Waals surface area contributed by atoms with Gasteiger partial charge in [-0.15, -0.1) is 0 Å². The molecule has 1 aromatic carbocycles. The van der Waals surface area contributed by atoms with Gasteiger partial charge >= 0.3 is 0 Å². The van der Waals surface area contributed by atoms with Crippen LogP contribution >= 0.6 is 0 Å². The van der Waals surface area contributed by atoms with Crippen LogP contribution in [0.5, 0.6) is 0 Å². The van der Waals surface area contributed by atoms with Gasteiger partial charge in [0.15, 0.2) is 0 Å². The lowest BCUT2D eigenvalue weighted by atomic mass is 9.90. The Balaban J connectivity index is 2.49. The van der Waals surface area contributed by atoms with Crippen molar-refractivity contribution in [1.29, 1.82) is 0 Å². The van der Waals surface area contributed by atoms with Crippen molar-refractivity contribution < 1.29 is 4.79 Å². The number of likely N-dealkylation sites (N-methyl/N-ethyl adjacent to an activating group) is 1. The molecule has 3 heteroatoms. The van der Waals surface area contributed by atoms with Crippen molar-refractivity contribution in [2.45, 2.75) is 39.3 Å². The lowest BCUT2D eigenvalue weighted by Gasteiger charge is -2.38. The van der Waals surface area contributed by atoms with E-state index in [2.05, 4.69) is 26.0 Å². The Morgan fingerprint density at radius 3 is 2.42 bits per heavy atom. The standard InChI is InChI=1S/C16H22N2O/c1-5-13-16(19)18(4)15(11(2)3)14(17-13)12-9-7-6-8-10-12/h6-11,13,15H,5H2,1-4H3. The Morgan fingerprint density at radius 2 is 1.89 bits per heavy atom. The van der Waals surface area contributed by atoms with Crippen molar-refractivity contribution in [1.82, 2.24) is 4.90 Å². The summed E-state index contributed by atoms with van der Waals surface area (Å²) in [7, 11) is 1.90. The molecular formula is C16H22N2O. The monoisotopic (exact) mass is 258 g/mol. The van der Waals surface area contributed by atoms with Gasteiger partial charge < -0.3 is 4.90 Å². The summed E-state index contributed by atoms with van der Waals surface area (Å²) in [6.45, 7) is 6.29. The Kier molecular flexibility index (Phi) is 4.03. The molecule has 0 aromatic heterocycles. The lowest BCUT2D eigenvalue weighted by Crippen LogP contribution is -2.53. The summed E-state index contributed by atoms with van der Waals surface area (Å²) in [6.07, 6.45) is 0.754. The smallest absolute Gasteiger partial charge is 0.247 e. The second kappa shape index (κ2) is 5.55. The first-order chi connectivity index (χ1) is 9.06. The minimum Gasteiger partial charge on any atom is -0.335 e. The first kappa shape index (κ1) is 13.8. The van der Waals surface area contributed by atoms with Gasteiger partial charge in [0.1, 0.15) is 6.04 Å². The first-order valence-corrected chi connectivity index (χ1v) is 6.96. The van der Waals surface area contributed by atoms with Crippen LogP contribution in [0, 0.1) is 5.92 Å². The zero-order valence-electron chi connectivity index (χ0n) is 12.1. The fraction of sp³-hybridized carbons (Fsp3) is 0.500. The van der Waals surface area contributed by atoms with E-state index < -0.39 is 0 Å². The van der Waals surface area contributed by atoms with E-state index in [0.29, 0.717) is 5.92 Å². The molecule has 2 atom stereocenters. The maximum absolute atomic E-state index is 12.3. The number of aliphatic imine (C=N–C) groups is 1. The number of hydrogen-bond acceptors (Lipinski definition) is 2. The minimum atomic E-state index is -0.227. The highest BCUT2D eigenvalue weighted by molar-refractivity contribution is 6.09. The van der Waals surface area contributed by atoms with E-state index >= 15 is 0 Å². The van der Waals surface area contributed by atoms with E-state index in [1.54, 1.807) is 0 Å². The molecule has 0 saturated carbocycles. The van der Waals surface area contributed by atoms with Gasteiger partial charge in [-0.2, -0.15) is 0 Å². The molecule has 0 aliphatic carbocycles. The van der Waals surface area contributed by atoms with Crippen molar-refractivity contribution in [3.05, 3.63) is 35.9 Å². The summed E-state index contributed by atoms with van der Waals surface area (Å²) in [5.74, 6) is 0.492. The molecule has 0 spiro atoms. The van der Waals surface area contributed by atoms with E-state index in [1.807, 2.05) is 37.1 Å². The van der Waals surface area contributed by atoms with Crippen LogP contribution in [0.25, 0.3) is 0 Å². The van der Waals surface area contributed by atoms with Gasteiger partial charge in [0.05, 0.1) is 11.8 Å². The maximum Gasteiger partial charge on any atom is 0.247 e. The Morgan fingerprint density at radius 1 is 1.26 bits per heavy atom. The molecule has 0 saturated heterocycles. The van der Waals surface area contributed by atoms with Gasteiger partial charge in [-0.3, -0.25) is 9.79 Å². The van der Waals surface area contributed by atoms with E-state index in [9.17, 15) is 4.79 Å². The summed E-state index contributed by atoms with van der Waals surface area (Å²) in [5, 5.41) is 0. The summed E-state index contributed by atoms with van der Waals surface area (Å²) in [4.78, 5) is 18.9. The number of nitrogens with zero attached hydrogens (tertiary/aromatic N) is 2. The highest BCUT2D eigenvalue weighted by atomic mass is 16.2. The van der Waals surface area contributed by atoms with Crippen LogP contribution in [0.2, 0.25) is 0 Å². The van der Waals surface area contributed by atoms with E-state index in [4.69, 9.17) is 4.99 Å². The summed E-state index contributed by atoms with van der Waals surface area (Å²) in [6, 6.07) is 10.0. The molecule has 2 unspecified atom stereocenters. The van der Waals surface area contributed by atoms with Gasteiger partial charge in [-0.05, 0) is 17.9 Å².